The van der Waals surface area contributed by atoms with Crippen LogP contribution in [0.15, 0.2) is 0 Å². The van der Waals surface area contributed by atoms with E-state index in [1.54, 1.807) is 6.92 Å². The van der Waals surface area contributed by atoms with E-state index < -0.39 is 6.10 Å². The summed E-state index contributed by atoms with van der Waals surface area (Å²) < 4.78 is 4.74. The molecule has 98 valence electrons. The fourth-order valence-electron chi connectivity index (χ4n) is 2.01. The Hall–Kier alpha value is -1.10. The first-order valence-electron chi connectivity index (χ1n) is 6.26. The van der Waals surface area contributed by atoms with E-state index in [0.29, 0.717) is 6.61 Å². The fourth-order valence-corrected chi connectivity index (χ4v) is 2.01. The number of rotatable bonds is 5. The van der Waals surface area contributed by atoms with Gasteiger partial charge in [-0.15, -0.1) is 0 Å². The van der Waals surface area contributed by atoms with Gasteiger partial charge in [0, 0.05) is 6.42 Å². The van der Waals surface area contributed by atoms with E-state index in [1.165, 1.54) is 0 Å². The third-order valence-electron chi connectivity index (χ3n) is 2.94. The standard InChI is InChI=1S/C12H21NO4/c1-2-17-12(16)8-7-11(15)13-9-5-3-4-6-10(9)14/h9-10,14H,2-8H2,1H3,(H,13,15). The van der Waals surface area contributed by atoms with Gasteiger partial charge in [-0.1, -0.05) is 12.8 Å². The zero-order valence-electron chi connectivity index (χ0n) is 10.3. The maximum Gasteiger partial charge on any atom is 0.306 e. The van der Waals surface area contributed by atoms with Crippen molar-refractivity contribution < 1.29 is 19.4 Å². The summed E-state index contributed by atoms with van der Waals surface area (Å²) in [5, 5.41) is 12.4. The Morgan fingerprint density at radius 2 is 2.00 bits per heavy atom. The second kappa shape index (κ2) is 7.27. The molecule has 5 heteroatoms. The van der Waals surface area contributed by atoms with E-state index in [-0.39, 0.29) is 30.8 Å². The predicted octanol–water partition coefficient (Wildman–Crippen LogP) is 0.749. The molecule has 5 nitrogen and oxygen atoms in total. The number of amides is 1. The molecule has 17 heavy (non-hydrogen) atoms. The van der Waals surface area contributed by atoms with Crippen LogP contribution in [0.25, 0.3) is 0 Å². The third-order valence-corrected chi connectivity index (χ3v) is 2.94. The van der Waals surface area contributed by atoms with Crippen molar-refractivity contribution >= 4 is 11.9 Å². The lowest BCUT2D eigenvalue weighted by Gasteiger charge is -2.28. The lowest BCUT2D eigenvalue weighted by Crippen LogP contribution is -2.45. The third kappa shape index (κ3) is 5.17. The van der Waals surface area contributed by atoms with Crippen LogP contribution in [0, 0.1) is 0 Å². The van der Waals surface area contributed by atoms with E-state index in [0.717, 1.165) is 25.7 Å². The molecule has 1 saturated carbocycles. The van der Waals surface area contributed by atoms with Gasteiger partial charge in [0.1, 0.15) is 0 Å². The quantitative estimate of drug-likeness (QED) is 0.699. The second-order valence-electron chi connectivity index (χ2n) is 4.33. The van der Waals surface area contributed by atoms with Crippen LogP contribution >= 0.6 is 0 Å². The number of esters is 1. The summed E-state index contributed by atoms with van der Waals surface area (Å²) in [4.78, 5) is 22.6. The number of carbonyl (C=O) groups excluding carboxylic acids is 2. The zero-order valence-corrected chi connectivity index (χ0v) is 10.3. The lowest BCUT2D eigenvalue weighted by atomic mass is 9.92. The van der Waals surface area contributed by atoms with Crippen molar-refractivity contribution in [1.29, 1.82) is 0 Å². The van der Waals surface area contributed by atoms with Crippen LogP contribution in [0.1, 0.15) is 45.4 Å². The van der Waals surface area contributed by atoms with Crippen LogP contribution in [-0.2, 0) is 14.3 Å². The average molecular weight is 243 g/mol. The van der Waals surface area contributed by atoms with Crippen LogP contribution in [0.2, 0.25) is 0 Å². The van der Waals surface area contributed by atoms with Gasteiger partial charge < -0.3 is 15.2 Å². The second-order valence-corrected chi connectivity index (χ2v) is 4.33. The first-order chi connectivity index (χ1) is 8.13. The van der Waals surface area contributed by atoms with Gasteiger partial charge in [0.15, 0.2) is 0 Å². The molecule has 0 aromatic heterocycles. The summed E-state index contributed by atoms with van der Waals surface area (Å²) >= 11 is 0. The monoisotopic (exact) mass is 243 g/mol. The number of nitrogens with one attached hydrogen (secondary N) is 1. The Balaban J connectivity index is 2.22. The molecule has 0 aromatic carbocycles. The molecule has 2 atom stereocenters. The van der Waals surface area contributed by atoms with Crippen LogP contribution in [-0.4, -0.2) is 35.7 Å². The Bertz CT molecular complexity index is 267. The smallest absolute Gasteiger partial charge is 0.306 e. The maximum atomic E-state index is 11.5. The molecule has 0 aromatic rings. The van der Waals surface area contributed by atoms with Gasteiger partial charge in [0.25, 0.3) is 0 Å². The average Bonchev–Trinajstić information content (AvgIpc) is 2.30. The Labute approximate surface area is 102 Å². The molecule has 0 radical (unpaired) electrons. The Morgan fingerprint density at radius 1 is 1.29 bits per heavy atom. The van der Waals surface area contributed by atoms with Gasteiger partial charge in [-0.2, -0.15) is 0 Å². The largest absolute Gasteiger partial charge is 0.466 e. The SMILES string of the molecule is CCOC(=O)CCC(=O)NC1CCCCC1O. The van der Waals surface area contributed by atoms with E-state index >= 15 is 0 Å². The number of hydrogen-bond donors (Lipinski definition) is 2. The van der Waals surface area contributed by atoms with Crippen molar-refractivity contribution in [1.82, 2.24) is 5.32 Å². The van der Waals surface area contributed by atoms with Crippen LogP contribution in [0.5, 0.6) is 0 Å². The van der Waals surface area contributed by atoms with Crippen molar-refractivity contribution in [2.75, 3.05) is 6.61 Å². The van der Waals surface area contributed by atoms with Gasteiger partial charge in [0.2, 0.25) is 5.91 Å². The van der Waals surface area contributed by atoms with E-state index in [4.69, 9.17) is 4.74 Å². The molecule has 0 heterocycles. The molecule has 0 spiro atoms. The van der Waals surface area contributed by atoms with Crippen LogP contribution in [0.4, 0.5) is 0 Å². The number of aliphatic hydroxyl groups is 1. The van der Waals surface area contributed by atoms with E-state index in [9.17, 15) is 14.7 Å². The lowest BCUT2D eigenvalue weighted by molar-refractivity contribution is -0.144. The number of carbonyl (C=O) groups is 2. The molecule has 2 N–H and O–H groups in total. The minimum atomic E-state index is -0.449. The Morgan fingerprint density at radius 3 is 2.65 bits per heavy atom. The molecular weight excluding hydrogens is 222 g/mol. The summed E-state index contributed by atoms with van der Waals surface area (Å²) in [5.41, 5.74) is 0. The number of aliphatic hydroxyl groups excluding tert-OH is 1. The molecule has 1 aliphatic carbocycles. The first-order valence-corrected chi connectivity index (χ1v) is 6.26. The van der Waals surface area contributed by atoms with Crippen LogP contribution in [0.3, 0.4) is 0 Å². The number of ether oxygens (including phenoxy) is 1. The Kier molecular flexibility index (Phi) is 5.97. The molecule has 1 amide bonds. The fraction of sp³-hybridized carbons (Fsp3) is 0.833. The predicted molar refractivity (Wildman–Crippen MR) is 62.3 cm³/mol. The van der Waals surface area contributed by atoms with E-state index in [2.05, 4.69) is 5.32 Å². The normalized spacial score (nSPS) is 24.1. The number of hydrogen-bond acceptors (Lipinski definition) is 4. The van der Waals surface area contributed by atoms with Crippen molar-refractivity contribution in [3.05, 3.63) is 0 Å². The van der Waals surface area contributed by atoms with Gasteiger partial charge in [-0.05, 0) is 19.8 Å². The highest BCUT2D eigenvalue weighted by atomic mass is 16.5. The molecule has 0 aliphatic heterocycles. The molecule has 0 bridgehead atoms. The molecule has 0 saturated heterocycles. The summed E-state index contributed by atoms with van der Waals surface area (Å²) in [6.07, 6.45) is 3.37. The summed E-state index contributed by atoms with van der Waals surface area (Å²) in [5.74, 6) is -0.546. The zero-order chi connectivity index (χ0) is 12.7. The minimum Gasteiger partial charge on any atom is -0.466 e. The highest BCUT2D eigenvalue weighted by Crippen LogP contribution is 2.18. The van der Waals surface area contributed by atoms with Crippen LogP contribution < -0.4 is 5.32 Å². The molecule has 1 aliphatic rings. The summed E-state index contributed by atoms with van der Waals surface area (Å²) in [6.45, 7) is 2.07. The summed E-state index contributed by atoms with van der Waals surface area (Å²) in [7, 11) is 0. The maximum absolute atomic E-state index is 11.5. The topological polar surface area (TPSA) is 75.6 Å². The van der Waals surface area contributed by atoms with Gasteiger partial charge >= 0.3 is 5.97 Å². The van der Waals surface area contributed by atoms with Crippen molar-refractivity contribution in [2.45, 2.75) is 57.6 Å². The highest BCUT2D eigenvalue weighted by Gasteiger charge is 2.24. The molecule has 1 rings (SSSR count). The van der Waals surface area contributed by atoms with Crippen molar-refractivity contribution in [2.24, 2.45) is 0 Å². The van der Waals surface area contributed by atoms with Crippen molar-refractivity contribution in [3.63, 3.8) is 0 Å². The highest BCUT2D eigenvalue weighted by molar-refractivity contribution is 5.81. The first kappa shape index (κ1) is 14.0. The van der Waals surface area contributed by atoms with E-state index in [1.807, 2.05) is 0 Å². The summed E-state index contributed by atoms with van der Waals surface area (Å²) in [6, 6.07) is -0.154. The van der Waals surface area contributed by atoms with Crippen molar-refractivity contribution in [3.8, 4) is 0 Å². The van der Waals surface area contributed by atoms with Gasteiger partial charge in [-0.25, -0.2) is 0 Å². The minimum absolute atomic E-state index is 0.0997. The molecule has 2 unspecified atom stereocenters. The molecular formula is C12H21NO4. The molecule has 1 fully saturated rings. The van der Waals surface area contributed by atoms with Gasteiger partial charge in [-0.3, -0.25) is 9.59 Å². The van der Waals surface area contributed by atoms with Gasteiger partial charge in [0.05, 0.1) is 25.2 Å².